The van der Waals surface area contributed by atoms with Crippen LogP contribution in [0.5, 0.6) is 0 Å². The normalized spacial score (nSPS) is 10.9. The quantitative estimate of drug-likeness (QED) is 0.270. The van der Waals surface area contributed by atoms with Crippen molar-refractivity contribution in [3.63, 3.8) is 0 Å². The molecule has 0 heterocycles. The fourth-order valence-electron chi connectivity index (χ4n) is 3.62. The number of hydrazine groups is 1. The molecule has 0 aliphatic heterocycles. The highest BCUT2D eigenvalue weighted by molar-refractivity contribution is 6.04. The second-order valence-corrected chi connectivity index (χ2v) is 6.84. The largest absolute Gasteiger partial charge is 0.293 e. The van der Waals surface area contributed by atoms with Gasteiger partial charge in [0.1, 0.15) is 0 Å². The van der Waals surface area contributed by atoms with E-state index in [0.29, 0.717) is 0 Å². The van der Waals surface area contributed by atoms with Gasteiger partial charge in [-0.05, 0) is 58.6 Å². The zero-order valence-corrected chi connectivity index (χ0v) is 15.4. The molecule has 0 amide bonds. The Kier molecular flexibility index (Phi) is 4.15. The summed E-state index contributed by atoms with van der Waals surface area (Å²) in [6, 6.07) is 40.2. The highest BCUT2D eigenvalue weighted by Gasteiger charge is 2.11. The first-order chi connectivity index (χ1) is 13.9. The topological polar surface area (TPSA) is 15.3 Å². The third kappa shape index (κ3) is 3.06. The van der Waals surface area contributed by atoms with Gasteiger partial charge in [0.15, 0.2) is 0 Å². The standard InChI is InChI=1S/C26H20N2/c1-3-13-23(14-4-1)28(24-15-5-2-6-16-24)27-26-17-9-12-22-18-20-10-7-8-11-21(20)19-25(22)26/h1-19,27H. The van der Waals surface area contributed by atoms with E-state index in [1.165, 1.54) is 21.5 Å². The predicted octanol–water partition coefficient (Wildman–Crippen LogP) is 7.16. The van der Waals surface area contributed by atoms with E-state index in [4.69, 9.17) is 0 Å². The van der Waals surface area contributed by atoms with Crippen LogP contribution in [0.2, 0.25) is 0 Å². The summed E-state index contributed by atoms with van der Waals surface area (Å²) in [6.45, 7) is 0. The predicted molar refractivity (Wildman–Crippen MR) is 120 cm³/mol. The smallest absolute Gasteiger partial charge is 0.0630 e. The Morgan fingerprint density at radius 2 is 1.00 bits per heavy atom. The molecule has 5 aromatic carbocycles. The maximum Gasteiger partial charge on any atom is 0.0630 e. The lowest BCUT2D eigenvalue weighted by atomic mass is 10.0. The Bertz CT molecular complexity index is 1190. The fourth-order valence-corrected chi connectivity index (χ4v) is 3.62. The summed E-state index contributed by atoms with van der Waals surface area (Å²) in [5.74, 6) is 0. The van der Waals surface area contributed by atoms with Gasteiger partial charge in [-0.25, -0.2) is 0 Å². The number of rotatable bonds is 4. The molecular formula is C26H20N2. The molecule has 5 rings (SSSR count). The van der Waals surface area contributed by atoms with Crippen LogP contribution in [0.1, 0.15) is 0 Å². The lowest BCUT2D eigenvalue weighted by molar-refractivity contribution is 1.17. The molecule has 28 heavy (non-hydrogen) atoms. The average molecular weight is 360 g/mol. The first kappa shape index (κ1) is 16.4. The summed E-state index contributed by atoms with van der Waals surface area (Å²) in [7, 11) is 0. The maximum absolute atomic E-state index is 3.65. The Hall–Kier alpha value is -3.78. The molecule has 134 valence electrons. The van der Waals surface area contributed by atoms with Crippen molar-refractivity contribution in [3.05, 3.63) is 115 Å². The van der Waals surface area contributed by atoms with Crippen molar-refractivity contribution < 1.29 is 0 Å². The number of fused-ring (bicyclic) bond motifs is 2. The lowest BCUT2D eigenvalue weighted by Crippen LogP contribution is -2.24. The van der Waals surface area contributed by atoms with Crippen LogP contribution < -0.4 is 10.4 Å². The van der Waals surface area contributed by atoms with E-state index >= 15 is 0 Å². The molecule has 0 aliphatic rings. The molecule has 0 saturated heterocycles. The molecule has 2 nitrogen and oxygen atoms in total. The second kappa shape index (κ2) is 7.09. The van der Waals surface area contributed by atoms with E-state index in [1.54, 1.807) is 0 Å². The number of hydrogen-bond acceptors (Lipinski definition) is 2. The van der Waals surface area contributed by atoms with Crippen LogP contribution in [-0.2, 0) is 0 Å². The van der Waals surface area contributed by atoms with Crippen molar-refractivity contribution in [2.75, 3.05) is 10.4 Å². The van der Waals surface area contributed by atoms with Crippen molar-refractivity contribution in [3.8, 4) is 0 Å². The number of nitrogens with one attached hydrogen (secondary N) is 1. The van der Waals surface area contributed by atoms with Gasteiger partial charge >= 0.3 is 0 Å². The Labute approximate surface area is 164 Å². The summed E-state index contributed by atoms with van der Waals surface area (Å²) in [4.78, 5) is 0. The highest BCUT2D eigenvalue weighted by Crippen LogP contribution is 2.32. The van der Waals surface area contributed by atoms with Crippen LogP contribution in [0.3, 0.4) is 0 Å². The van der Waals surface area contributed by atoms with E-state index in [2.05, 4.69) is 114 Å². The zero-order valence-electron chi connectivity index (χ0n) is 15.4. The summed E-state index contributed by atoms with van der Waals surface area (Å²) >= 11 is 0. The minimum Gasteiger partial charge on any atom is -0.293 e. The summed E-state index contributed by atoms with van der Waals surface area (Å²) in [5.41, 5.74) is 6.91. The number of para-hydroxylation sites is 2. The van der Waals surface area contributed by atoms with E-state index in [9.17, 15) is 0 Å². The summed E-state index contributed by atoms with van der Waals surface area (Å²) < 4.78 is 0. The summed E-state index contributed by atoms with van der Waals surface area (Å²) in [6.07, 6.45) is 0. The zero-order chi connectivity index (χ0) is 18.8. The van der Waals surface area contributed by atoms with E-state index in [0.717, 1.165) is 17.1 Å². The van der Waals surface area contributed by atoms with Crippen LogP contribution in [0.15, 0.2) is 115 Å². The van der Waals surface area contributed by atoms with Crippen LogP contribution in [0.4, 0.5) is 17.1 Å². The van der Waals surface area contributed by atoms with Crippen molar-refractivity contribution >= 4 is 38.6 Å². The highest BCUT2D eigenvalue weighted by atomic mass is 15.5. The SMILES string of the molecule is c1ccc(N(Nc2cccc3cc4ccccc4cc23)c2ccccc2)cc1. The number of benzene rings is 5. The molecule has 0 saturated carbocycles. The van der Waals surface area contributed by atoms with Gasteiger partial charge in [-0.3, -0.25) is 10.4 Å². The molecule has 0 aromatic heterocycles. The minimum atomic E-state index is 1.08. The lowest BCUT2D eigenvalue weighted by Gasteiger charge is -2.27. The Morgan fingerprint density at radius 3 is 1.64 bits per heavy atom. The van der Waals surface area contributed by atoms with Gasteiger partial charge in [0, 0.05) is 5.39 Å². The third-order valence-corrected chi connectivity index (χ3v) is 5.01. The van der Waals surface area contributed by atoms with Crippen LogP contribution in [0, 0.1) is 0 Å². The number of anilines is 3. The molecule has 2 heteroatoms. The molecule has 0 radical (unpaired) electrons. The molecule has 0 bridgehead atoms. The first-order valence-corrected chi connectivity index (χ1v) is 9.47. The van der Waals surface area contributed by atoms with Gasteiger partial charge in [0.05, 0.1) is 17.1 Å². The van der Waals surface area contributed by atoms with E-state index < -0.39 is 0 Å². The third-order valence-electron chi connectivity index (χ3n) is 5.01. The van der Waals surface area contributed by atoms with Gasteiger partial charge in [0.2, 0.25) is 0 Å². The van der Waals surface area contributed by atoms with Crippen molar-refractivity contribution in [2.45, 2.75) is 0 Å². The summed E-state index contributed by atoms with van der Waals surface area (Å²) in [5, 5.41) is 7.07. The van der Waals surface area contributed by atoms with Crippen LogP contribution >= 0.6 is 0 Å². The maximum atomic E-state index is 3.65. The monoisotopic (exact) mass is 360 g/mol. The number of nitrogens with zero attached hydrogens (tertiary/aromatic N) is 1. The van der Waals surface area contributed by atoms with Crippen molar-refractivity contribution in [1.29, 1.82) is 0 Å². The molecular weight excluding hydrogens is 340 g/mol. The van der Waals surface area contributed by atoms with Crippen molar-refractivity contribution in [1.82, 2.24) is 0 Å². The first-order valence-electron chi connectivity index (χ1n) is 9.47. The number of hydrogen-bond donors (Lipinski definition) is 1. The fraction of sp³-hybridized carbons (Fsp3) is 0. The van der Waals surface area contributed by atoms with Gasteiger partial charge in [-0.1, -0.05) is 72.8 Å². The van der Waals surface area contributed by atoms with E-state index in [1.807, 2.05) is 12.1 Å². The van der Waals surface area contributed by atoms with Crippen LogP contribution in [-0.4, -0.2) is 0 Å². The van der Waals surface area contributed by atoms with Crippen molar-refractivity contribution in [2.24, 2.45) is 0 Å². The molecule has 0 atom stereocenters. The Morgan fingerprint density at radius 1 is 0.464 bits per heavy atom. The second-order valence-electron chi connectivity index (χ2n) is 6.84. The minimum absolute atomic E-state index is 1.08. The molecule has 5 aromatic rings. The van der Waals surface area contributed by atoms with Gasteiger partial charge in [-0.2, -0.15) is 0 Å². The molecule has 1 N–H and O–H groups in total. The van der Waals surface area contributed by atoms with Gasteiger partial charge in [-0.15, -0.1) is 0 Å². The van der Waals surface area contributed by atoms with Gasteiger partial charge in [0.25, 0.3) is 0 Å². The molecule has 0 unspecified atom stereocenters. The molecule has 0 spiro atoms. The molecule has 0 fully saturated rings. The van der Waals surface area contributed by atoms with Gasteiger partial charge < -0.3 is 0 Å². The Balaban J connectivity index is 1.65. The molecule has 0 aliphatic carbocycles. The van der Waals surface area contributed by atoms with Crippen LogP contribution in [0.25, 0.3) is 21.5 Å². The van der Waals surface area contributed by atoms with E-state index in [-0.39, 0.29) is 0 Å². The average Bonchev–Trinajstić information content (AvgIpc) is 2.77.